The molecule has 0 aliphatic heterocycles. The van der Waals surface area contributed by atoms with Crippen LogP contribution in [0.4, 0.5) is 5.69 Å². The molecule has 0 fully saturated rings. The second-order valence-corrected chi connectivity index (χ2v) is 10.7. The van der Waals surface area contributed by atoms with Crippen LogP contribution in [0, 0.1) is 27.7 Å². The molecule has 3 aromatic rings. The topological polar surface area (TPSA) is 93.4 Å². The van der Waals surface area contributed by atoms with Gasteiger partial charge in [-0.25, -0.2) is 17.4 Å². The number of benzene rings is 2. The minimum atomic E-state index is -4.25. The molecular weight excluding hydrogens is 452 g/mol. The molecule has 182 valence electrons. The van der Waals surface area contributed by atoms with E-state index in [4.69, 9.17) is 0 Å². The average Bonchev–Trinajstić information content (AvgIpc) is 2.93. The van der Waals surface area contributed by atoms with E-state index in [0.29, 0.717) is 22.5 Å². The lowest BCUT2D eigenvalue weighted by molar-refractivity contribution is -0.120. The largest absolute Gasteiger partial charge is 0.352 e. The Kier molecular flexibility index (Phi) is 7.07. The lowest BCUT2D eigenvalue weighted by Crippen LogP contribution is -2.45. The molecule has 3 rings (SSSR count). The molecule has 2 aromatic carbocycles. The maximum Gasteiger partial charge on any atom is 0.296 e. The van der Waals surface area contributed by atoms with E-state index < -0.39 is 28.0 Å². The van der Waals surface area contributed by atoms with Gasteiger partial charge in [-0.05, 0) is 64.8 Å². The summed E-state index contributed by atoms with van der Waals surface area (Å²) in [7, 11) is -2.56. The first-order valence-electron chi connectivity index (χ1n) is 11.1. The van der Waals surface area contributed by atoms with Crippen molar-refractivity contribution in [2.45, 2.75) is 52.5 Å². The Morgan fingerprint density at radius 3 is 2.12 bits per heavy atom. The molecular formula is C25H32N4O4S. The SMILES string of the molecule is Cc1cc(C)c(S(=O)(=O)N(CC(=O)NC(C)C)c2c(C)n(C)n(-c3ccccc3)c2=O)c(C)c1. The van der Waals surface area contributed by atoms with Gasteiger partial charge in [-0.15, -0.1) is 0 Å². The fourth-order valence-corrected chi connectivity index (χ4v) is 6.20. The summed E-state index contributed by atoms with van der Waals surface area (Å²) >= 11 is 0. The summed E-state index contributed by atoms with van der Waals surface area (Å²) < 4.78 is 32.1. The van der Waals surface area contributed by atoms with Crippen LogP contribution in [0.25, 0.3) is 5.69 Å². The number of carbonyl (C=O) groups is 1. The van der Waals surface area contributed by atoms with E-state index in [2.05, 4.69) is 5.32 Å². The smallest absolute Gasteiger partial charge is 0.296 e. The van der Waals surface area contributed by atoms with Gasteiger partial charge < -0.3 is 5.32 Å². The molecule has 1 N–H and O–H groups in total. The zero-order valence-electron chi connectivity index (χ0n) is 20.7. The number of para-hydroxylation sites is 1. The van der Waals surface area contributed by atoms with E-state index >= 15 is 0 Å². The van der Waals surface area contributed by atoms with Crippen molar-refractivity contribution in [1.29, 1.82) is 0 Å². The summed E-state index contributed by atoms with van der Waals surface area (Å²) in [5.74, 6) is -0.491. The van der Waals surface area contributed by atoms with Crippen LogP contribution in [0.3, 0.4) is 0 Å². The van der Waals surface area contributed by atoms with Crippen LogP contribution in [0.1, 0.15) is 36.2 Å². The quantitative estimate of drug-likeness (QED) is 0.558. The summed E-state index contributed by atoms with van der Waals surface area (Å²) in [5, 5.41) is 2.74. The van der Waals surface area contributed by atoms with Crippen LogP contribution < -0.4 is 15.2 Å². The third kappa shape index (κ3) is 4.65. The molecule has 8 nitrogen and oxygen atoms in total. The normalized spacial score (nSPS) is 11.6. The average molecular weight is 485 g/mol. The van der Waals surface area contributed by atoms with Crippen molar-refractivity contribution >= 4 is 21.6 Å². The third-order valence-corrected chi connectivity index (χ3v) is 7.71. The van der Waals surface area contributed by atoms with Gasteiger partial charge in [-0.3, -0.25) is 14.3 Å². The second kappa shape index (κ2) is 9.50. The third-order valence-electron chi connectivity index (χ3n) is 5.66. The number of nitrogens with zero attached hydrogens (tertiary/aromatic N) is 3. The first kappa shape index (κ1) is 25.3. The van der Waals surface area contributed by atoms with Gasteiger partial charge in [0, 0.05) is 13.1 Å². The van der Waals surface area contributed by atoms with Crippen LogP contribution in [-0.2, 0) is 21.9 Å². The Hall–Kier alpha value is -3.33. The number of rotatable bonds is 7. The number of carbonyl (C=O) groups excluding carboxylic acids is 1. The Morgan fingerprint density at radius 1 is 1.03 bits per heavy atom. The summed E-state index contributed by atoms with van der Waals surface area (Å²) in [6, 6.07) is 12.4. The standard InChI is InChI=1S/C25H32N4O4S/c1-16(2)26-22(30)15-28(34(32,33)24-18(4)13-17(3)14-19(24)5)23-20(6)27(7)29(25(23)31)21-11-9-8-10-12-21/h8-14,16H,15H2,1-7H3,(H,26,30). The van der Waals surface area contributed by atoms with Crippen molar-refractivity contribution in [3.63, 3.8) is 0 Å². The van der Waals surface area contributed by atoms with E-state index in [1.807, 2.05) is 13.0 Å². The van der Waals surface area contributed by atoms with Crippen molar-refractivity contribution < 1.29 is 13.2 Å². The highest BCUT2D eigenvalue weighted by molar-refractivity contribution is 7.93. The van der Waals surface area contributed by atoms with E-state index in [9.17, 15) is 18.0 Å². The lowest BCUT2D eigenvalue weighted by Gasteiger charge is -2.25. The molecule has 0 saturated carbocycles. The summed E-state index contributed by atoms with van der Waals surface area (Å²) in [6.45, 7) is 10.1. The van der Waals surface area contributed by atoms with E-state index in [1.54, 1.807) is 82.7 Å². The molecule has 1 heterocycles. The Balaban J connectivity index is 2.29. The summed E-state index contributed by atoms with van der Waals surface area (Å²) in [5.41, 5.74) is 2.50. The van der Waals surface area contributed by atoms with Crippen LogP contribution in [0.15, 0.2) is 52.2 Å². The van der Waals surface area contributed by atoms with Crippen molar-refractivity contribution in [2.75, 3.05) is 10.8 Å². The number of aromatic nitrogens is 2. The van der Waals surface area contributed by atoms with Gasteiger partial charge in [0.15, 0.2) is 0 Å². The van der Waals surface area contributed by atoms with Gasteiger partial charge >= 0.3 is 0 Å². The van der Waals surface area contributed by atoms with Crippen LogP contribution in [-0.4, -0.2) is 36.3 Å². The molecule has 0 bridgehead atoms. The lowest BCUT2D eigenvalue weighted by atomic mass is 10.1. The predicted molar refractivity (Wildman–Crippen MR) is 134 cm³/mol. The molecule has 1 amide bonds. The number of hydrogen-bond donors (Lipinski definition) is 1. The first-order valence-corrected chi connectivity index (χ1v) is 12.5. The van der Waals surface area contributed by atoms with Gasteiger partial charge in [-0.2, -0.15) is 0 Å². The molecule has 9 heteroatoms. The molecule has 0 radical (unpaired) electrons. The van der Waals surface area contributed by atoms with Crippen LogP contribution >= 0.6 is 0 Å². The van der Waals surface area contributed by atoms with E-state index in [-0.39, 0.29) is 16.6 Å². The van der Waals surface area contributed by atoms with Crippen molar-refractivity contribution in [3.05, 3.63) is 75.2 Å². The highest BCUT2D eigenvalue weighted by Gasteiger charge is 2.35. The predicted octanol–water partition coefficient (Wildman–Crippen LogP) is 3.13. The maximum atomic E-state index is 14.1. The molecule has 0 aliphatic carbocycles. The van der Waals surface area contributed by atoms with Crippen molar-refractivity contribution in [2.24, 2.45) is 7.05 Å². The monoisotopic (exact) mass is 484 g/mol. The fourth-order valence-electron chi connectivity index (χ4n) is 4.31. The van der Waals surface area contributed by atoms with Crippen molar-refractivity contribution in [3.8, 4) is 5.69 Å². The highest BCUT2D eigenvalue weighted by Crippen LogP contribution is 2.29. The molecule has 0 unspecified atom stereocenters. The fraction of sp³-hybridized carbons (Fsp3) is 0.360. The van der Waals surface area contributed by atoms with Crippen molar-refractivity contribution in [1.82, 2.24) is 14.7 Å². The van der Waals surface area contributed by atoms with Gasteiger partial charge in [0.05, 0.1) is 16.3 Å². The maximum absolute atomic E-state index is 14.1. The second-order valence-electron chi connectivity index (χ2n) is 8.87. The van der Waals surface area contributed by atoms with Crippen LogP contribution in [0.2, 0.25) is 0 Å². The Labute approximate surface area is 200 Å². The number of nitrogens with one attached hydrogen (secondary N) is 1. The Morgan fingerprint density at radius 2 is 1.59 bits per heavy atom. The van der Waals surface area contributed by atoms with Gasteiger partial charge in [-0.1, -0.05) is 35.9 Å². The molecule has 34 heavy (non-hydrogen) atoms. The molecule has 1 aromatic heterocycles. The van der Waals surface area contributed by atoms with Gasteiger partial charge in [0.25, 0.3) is 15.6 Å². The molecule has 0 atom stereocenters. The molecule has 0 saturated heterocycles. The highest BCUT2D eigenvalue weighted by atomic mass is 32.2. The van der Waals surface area contributed by atoms with E-state index in [0.717, 1.165) is 9.87 Å². The Bertz CT molecular complexity index is 1360. The summed E-state index contributed by atoms with van der Waals surface area (Å²) in [4.78, 5) is 26.6. The number of sulfonamides is 1. The molecule has 0 aliphatic rings. The number of amides is 1. The first-order chi connectivity index (χ1) is 15.9. The number of anilines is 1. The molecule has 0 spiro atoms. The summed E-state index contributed by atoms with van der Waals surface area (Å²) in [6.07, 6.45) is 0. The minimum Gasteiger partial charge on any atom is -0.352 e. The number of aryl methyl sites for hydroxylation is 3. The van der Waals surface area contributed by atoms with Crippen LogP contribution in [0.5, 0.6) is 0 Å². The zero-order valence-corrected chi connectivity index (χ0v) is 21.5. The van der Waals surface area contributed by atoms with Gasteiger partial charge in [0.1, 0.15) is 12.2 Å². The zero-order chi connectivity index (χ0) is 25.4. The van der Waals surface area contributed by atoms with Gasteiger partial charge in [0.2, 0.25) is 5.91 Å². The number of hydrogen-bond acceptors (Lipinski definition) is 4. The minimum absolute atomic E-state index is 0.0513. The van der Waals surface area contributed by atoms with E-state index in [1.165, 1.54) is 4.68 Å².